The Kier molecular flexibility index (Phi) is 6.09. The van der Waals surface area contributed by atoms with Crippen molar-refractivity contribution in [2.45, 2.75) is 20.5 Å². The van der Waals surface area contributed by atoms with Crippen LogP contribution in [0.4, 0.5) is 10.5 Å². The molecule has 5 rings (SSSR count). The number of carbonyl (C=O) groups excluding carboxylic acids is 3. The van der Waals surface area contributed by atoms with Gasteiger partial charge in [-0.2, -0.15) is 0 Å². The van der Waals surface area contributed by atoms with Crippen molar-refractivity contribution in [3.05, 3.63) is 113 Å². The number of benzene rings is 4. The Labute approximate surface area is 208 Å². The molecule has 0 aliphatic carbocycles. The zero-order chi connectivity index (χ0) is 25.2. The Balaban J connectivity index is 1.58. The first-order valence-electron chi connectivity index (χ1n) is 11.6. The summed E-state index contributed by atoms with van der Waals surface area (Å²) in [7, 11) is 0. The minimum absolute atomic E-state index is 0.146. The number of nitrogens with one attached hydrogen (secondary N) is 1. The molecular formula is C30H24N2O4. The number of carbonyl (C=O) groups is 3. The van der Waals surface area contributed by atoms with E-state index in [9.17, 15) is 14.4 Å². The van der Waals surface area contributed by atoms with Crippen LogP contribution in [0.15, 0.2) is 90.5 Å². The van der Waals surface area contributed by atoms with Crippen molar-refractivity contribution in [1.82, 2.24) is 5.32 Å². The second-order valence-electron chi connectivity index (χ2n) is 8.77. The zero-order valence-electron chi connectivity index (χ0n) is 19.9. The van der Waals surface area contributed by atoms with Gasteiger partial charge in [-0.05, 0) is 60.0 Å². The van der Waals surface area contributed by atoms with Crippen LogP contribution >= 0.6 is 0 Å². The number of hydrogen-bond acceptors (Lipinski definition) is 4. The monoisotopic (exact) mass is 476 g/mol. The molecule has 4 aromatic rings. The van der Waals surface area contributed by atoms with Crippen LogP contribution in [0.2, 0.25) is 0 Å². The fourth-order valence-electron chi connectivity index (χ4n) is 4.20. The first kappa shape index (κ1) is 23.1. The van der Waals surface area contributed by atoms with Crippen LogP contribution in [0.5, 0.6) is 5.75 Å². The van der Waals surface area contributed by atoms with Crippen molar-refractivity contribution in [3.8, 4) is 5.75 Å². The van der Waals surface area contributed by atoms with E-state index in [0.29, 0.717) is 23.6 Å². The predicted octanol–water partition coefficient (Wildman–Crippen LogP) is 5.70. The van der Waals surface area contributed by atoms with Crippen molar-refractivity contribution in [1.29, 1.82) is 0 Å². The van der Waals surface area contributed by atoms with Crippen molar-refractivity contribution >= 4 is 40.4 Å². The van der Waals surface area contributed by atoms with Gasteiger partial charge in [0.2, 0.25) is 0 Å². The van der Waals surface area contributed by atoms with Gasteiger partial charge in [-0.3, -0.25) is 14.9 Å². The van der Waals surface area contributed by atoms with E-state index in [1.165, 1.54) is 6.08 Å². The minimum Gasteiger partial charge on any atom is -0.488 e. The summed E-state index contributed by atoms with van der Waals surface area (Å²) in [6.45, 7) is 4.21. The molecule has 0 radical (unpaired) electrons. The van der Waals surface area contributed by atoms with Crippen molar-refractivity contribution in [3.63, 3.8) is 0 Å². The maximum atomic E-state index is 13.5. The molecule has 6 heteroatoms. The molecule has 0 atom stereocenters. The molecule has 1 saturated heterocycles. The number of urea groups is 1. The highest BCUT2D eigenvalue weighted by atomic mass is 16.5. The summed E-state index contributed by atoms with van der Waals surface area (Å²) in [6.07, 6.45) is 1.51. The number of aryl methyl sites for hydroxylation is 2. The van der Waals surface area contributed by atoms with Crippen LogP contribution in [-0.2, 0) is 16.2 Å². The quantitative estimate of drug-likeness (QED) is 0.296. The number of amides is 4. The number of nitrogens with zero attached hydrogens (tertiary/aromatic N) is 1. The van der Waals surface area contributed by atoms with Crippen molar-refractivity contribution in [2.75, 3.05) is 4.90 Å². The van der Waals surface area contributed by atoms with Crippen LogP contribution in [-0.4, -0.2) is 17.8 Å². The van der Waals surface area contributed by atoms with Gasteiger partial charge < -0.3 is 4.74 Å². The molecular weight excluding hydrogens is 452 g/mol. The Morgan fingerprint density at radius 2 is 1.61 bits per heavy atom. The van der Waals surface area contributed by atoms with Gasteiger partial charge in [0.25, 0.3) is 11.8 Å². The number of barbiturate groups is 1. The lowest BCUT2D eigenvalue weighted by atomic mass is 9.99. The number of fused-ring (bicyclic) bond motifs is 1. The van der Waals surface area contributed by atoms with E-state index in [0.717, 1.165) is 32.4 Å². The molecule has 4 aromatic carbocycles. The SMILES string of the molecule is Cc1ccc(COc2ccc3ccccc3c2/C=C2\C(=O)NC(=O)N(c3cccc(C)c3)C2=O)cc1. The number of ether oxygens (including phenoxy) is 1. The fourth-order valence-corrected chi connectivity index (χ4v) is 4.20. The summed E-state index contributed by atoms with van der Waals surface area (Å²) < 4.78 is 6.16. The summed E-state index contributed by atoms with van der Waals surface area (Å²) in [4.78, 5) is 39.9. The van der Waals surface area contributed by atoms with Crippen LogP contribution in [0.1, 0.15) is 22.3 Å². The van der Waals surface area contributed by atoms with Gasteiger partial charge in [0.1, 0.15) is 17.9 Å². The van der Waals surface area contributed by atoms with Gasteiger partial charge in [0, 0.05) is 5.56 Å². The molecule has 36 heavy (non-hydrogen) atoms. The van der Waals surface area contributed by atoms with E-state index in [4.69, 9.17) is 4.74 Å². The third-order valence-electron chi connectivity index (χ3n) is 6.10. The summed E-state index contributed by atoms with van der Waals surface area (Å²) >= 11 is 0. The molecule has 0 saturated carbocycles. The maximum Gasteiger partial charge on any atom is 0.335 e. The molecule has 0 spiro atoms. The minimum atomic E-state index is -0.776. The molecule has 0 unspecified atom stereocenters. The maximum absolute atomic E-state index is 13.5. The summed E-state index contributed by atoms with van der Waals surface area (Å²) in [5.74, 6) is -0.903. The van der Waals surface area contributed by atoms with E-state index in [2.05, 4.69) is 5.32 Å². The van der Waals surface area contributed by atoms with Crippen molar-refractivity contribution < 1.29 is 19.1 Å². The average molecular weight is 477 g/mol. The Bertz CT molecular complexity index is 1540. The number of hydrogen-bond donors (Lipinski definition) is 1. The lowest BCUT2D eigenvalue weighted by molar-refractivity contribution is -0.122. The lowest BCUT2D eigenvalue weighted by Crippen LogP contribution is -2.54. The third-order valence-corrected chi connectivity index (χ3v) is 6.10. The fraction of sp³-hybridized carbons (Fsp3) is 0.100. The van der Waals surface area contributed by atoms with Crippen LogP contribution in [0.3, 0.4) is 0 Å². The van der Waals surface area contributed by atoms with Crippen LogP contribution in [0.25, 0.3) is 16.8 Å². The van der Waals surface area contributed by atoms with Gasteiger partial charge in [0.15, 0.2) is 0 Å². The molecule has 1 N–H and O–H groups in total. The lowest BCUT2D eigenvalue weighted by Gasteiger charge is -2.26. The normalized spacial score (nSPS) is 14.9. The second-order valence-corrected chi connectivity index (χ2v) is 8.77. The first-order valence-corrected chi connectivity index (χ1v) is 11.6. The molecule has 178 valence electrons. The van der Waals surface area contributed by atoms with Gasteiger partial charge in [-0.1, -0.05) is 72.3 Å². The predicted molar refractivity (Wildman–Crippen MR) is 140 cm³/mol. The molecule has 1 aliphatic rings. The number of anilines is 1. The second kappa shape index (κ2) is 9.50. The zero-order valence-corrected chi connectivity index (χ0v) is 19.9. The molecule has 0 aromatic heterocycles. The molecule has 1 fully saturated rings. The summed E-state index contributed by atoms with van der Waals surface area (Å²) in [5.41, 5.74) is 3.88. The largest absolute Gasteiger partial charge is 0.488 e. The summed E-state index contributed by atoms with van der Waals surface area (Å²) in [6, 6.07) is 25.7. The molecule has 4 amide bonds. The topological polar surface area (TPSA) is 75.7 Å². The van der Waals surface area contributed by atoms with Crippen LogP contribution < -0.4 is 15.0 Å². The number of rotatable bonds is 5. The smallest absolute Gasteiger partial charge is 0.335 e. The van der Waals surface area contributed by atoms with E-state index in [1.807, 2.05) is 80.6 Å². The first-order chi connectivity index (χ1) is 17.4. The Morgan fingerprint density at radius 1 is 0.833 bits per heavy atom. The van der Waals surface area contributed by atoms with E-state index in [-0.39, 0.29) is 5.57 Å². The van der Waals surface area contributed by atoms with Gasteiger partial charge >= 0.3 is 6.03 Å². The van der Waals surface area contributed by atoms with Gasteiger partial charge in [-0.15, -0.1) is 0 Å². The van der Waals surface area contributed by atoms with Gasteiger partial charge in [-0.25, -0.2) is 9.69 Å². The van der Waals surface area contributed by atoms with E-state index >= 15 is 0 Å². The highest BCUT2D eigenvalue weighted by Gasteiger charge is 2.37. The highest BCUT2D eigenvalue weighted by molar-refractivity contribution is 6.39. The molecule has 0 bridgehead atoms. The Morgan fingerprint density at radius 3 is 2.39 bits per heavy atom. The molecule has 1 aliphatic heterocycles. The molecule has 6 nitrogen and oxygen atoms in total. The summed E-state index contributed by atoms with van der Waals surface area (Å²) in [5, 5.41) is 4.05. The average Bonchev–Trinajstić information content (AvgIpc) is 2.86. The van der Waals surface area contributed by atoms with E-state index < -0.39 is 17.8 Å². The van der Waals surface area contributed by atoms with Gasteiger partial charge in [0.05, 0.1) is 5.69 Å². The standard InChI is InChI=1S/C30H24N2O4/c1-19-10-12-21(13-11-19)18-36-27-15-14-22-7-3-4-9-24(22)25(27)17-26-28(33)31-30(35)32(29(26)34)23-8-5-6-20(2)16-23/h3-17H,18H2,1-2H3,(H,31,33,35)/b26-17+. The number of imide groups is 2. The molecule has 1 heterocycles. The van der Waals surface area contributed by atoms with E-state index in [1.54, 1.807) is 18.2 Å². The third kappa shape index (κ3) is 4.49. The highest BCUT2D eigenvalue weighted by Crippen LogP contribution is 2.32. The van der Waals surface area contributed by atoms with Crippen LogP contribution in [0, 0.1) is 13.8 Å². The Hall–Kier alpha value is -4.71. The van der Waals surface area contributed by atoms with Crippen molar-refractivity contribution in [2.24, 2.45) is 0 Å².